The molecule has 0 aliphatic carbocycles. The van der Waals surface area contributed by atoms with Gasteiger partial charge in [0.1, 0.15) is 0 Å². The van der Waals surface area contributed by atoms with Crippen LogP contribution in [0, 0.1) is 10.1 Å². The van der Waals surface area contributed by atoms with Crippen LogP contribution in [-0.4, -0.2) is 24.2 Å². The van der Waals surface area contributed by atoms with Crippen LogP contribution in [0.5, 0.6) is 0 Å². The van der Waals surface area contributed by atoms with Crippen molar-refractivity contribution < 1.29 is 9.66 Å². The minimum atomic E-state index is -0.404. The van der Waals surface area contributed by atoms with Crippen LogP contribution >= 0.6 is 0 Å². The van der Waals surface area contributed by atoms with Gasteiger partial charge in [0.05, 0.1) is 4.92 Å². The summed E-state index contributed by atoms with van der Waals surface area (Å²) in [5.41, 5.74) is 7.05. The maximum absolute atomic E-state index is 10.5. The number of rotatable bonds is 7. The normalized spacial score (nSPS) is 12.4. The number of nitrogens with two attached hydrogens (primary N) is 1. The van der Waals surface area contributed by atoms with Crippen molar-refractivity contribution >= 4 is 5.69 Å². The third kappa shape index (κ3) is 4.93. The molecule has 0 amide bonds. The van der Waals surface area contributed by atoms with E-state index in [1.165, 1.54) is 12.1 Å². The van der Waals surface area contributed by atoms with Crippen LogP contribution in [0.2, 0.25) is 0 Å². The highest BCUT2D eigenvalue weighted by Gasteiger charge is 2.07. The fraction of sp³-hybridized carbons (Fsp3) is 0.500. The van der Waals surface area contributed by atoms with Gasteiger partial charge < -0.3 is 10.5 Å². The Morgan fingerprint density at radius 2 is 2.06 bits per heavy atom. The summed E-state index contributed by atoms with van der Waals surface area (Å²) in [4.78, 5) is 10.1. The largest absolute Gasteiger partial charge is 0.382 e. The zero-order valence-electron chi connectivity index (χ0n) is 9.96. The van der Waals surface area contributed by atoms with Gasteiger partial charge in [0.25, 0.3) is 5.69 Å². The molecule has 0 aromatic heterocycles. The smallest absolute Gasteiger partial charge is 0.269 e. The highest BCUT2D eigenvalue weighted by atomic mass is 16.6. The van der Waals surface area contributed by atoms with Crippen LogP contribution in [0.15, 0.2) is 24.3 Å². The summed E-state index contributed by atoms with van der Waals surface area (Å²) in [7, 11) is 0. The van der Waals surface area contributed by atoms with Gasteiger partial charge in [-0.25, -0.2) is 0 Å². The molecular formula is C12H18N2O3. The standard InChI is InChI=1S/C12H18N2O3/c1-2-17-8-7-11(13)9-10-3-5-12(6-4-10)14(15)16/h3-6,11H,2,7-9,13H2,1H3. The molecule has 1 aromatic carbocycles. The number of ether oxygens (including phenoxy) is 1. The lowest BCUT2D eigenvalue weighted by molar-refractivity contribution is -0.384. The van der Waals surface area contributed by atoms with Gasteiger partial charge in [-0.2, -0.15) is 0 Å². The van der Waals surface area contributed by atoms with Crippen molar-refractivity contribution in [3.63, 3.8) is 0 Å². The Bertz CT molecular complexity index is 351. The van der Waals surface area contributed by atoms with Crippen molar-refractivity contribution in [2.24, 2.45) is 5.73 Å². The average Bonchev–Trinajstić information content (AvgIpc) is 2.30. The van der Waals surface area contributed by atoms with Gasteiger partial charge in [-0.3, -0.25) is 10.1 Å². The molecule has 1 rings (SSSR count). The van der Waals surface area contributed by atoms with Gasteiger partial charge >= 0.3 is 0 Å². The van der Waals surface area contributed by atoms with Gasteiger partial charge in [-0.15, -0.1) is 0 Å². The maximum Gasteiger partial charge on any atom is 0.269 e. The Labute approximate surface area is 101 Å². The molecule has 1 aromatic rings. The lowest BCUT2D eigenvalue weighted by atomic mass is 10.0. The molecule has 0 bridgehead atoms. The molecule has 0 saturated carbocycles. The van der Waals surface area contributed by atoms with Crippen LogP contribution in [0.1, 0.15) is 18.9 Å². The molecule has 94 valence electrons. The van der Waals surface area contributed by atoms with Crippen molar-refractivity contribution in [1.29, 1.82) is 0 Å². The van der Waals surface area contributed by atoms with Crippen LogP contribution in [0.25, 0.3) is 0 Å². The summed E-state index contributed by atoms with van der Waals surface area (Å²) < 4.78 is 5.22. The summed E-state index contributed by atoms with van der Waals surface area (Å²) in [5, 5.41) is 10.5. The van der Waals surface area contributed by atoms with Gasteiger partial charge in [0, 0.05) is 31.4 Å². The summed E-state index contributed by atoms with van der Waals surface area (Å²) in [6, 6.07) is 6.54. The monoisotopic (exact) mass is 238 g/mol. The fourth-order valence-electron chi connectivity index (χ4n) is 1.54. The topological polar surface area (TPSA) is 78.4 Å². The van der Waals surface area contributed by atoms with Crippen LogP contribution in [-0.2, 0) is 11.2 Å². The first-order valence-corrected chi connectivity index (χ1v) is 5.70. The number of nitrogens with zero attached hydrogens (tertiary/aromatic N) is 1. The van der Waals surface area contributed by atoms with E-state index < -0.39 is 4.92 Å². The average molecular weight is 238 g/mol. The van der Waals surface area contributed by atoms with E-state index >= 15 is 0 Å². The van der Waals surface area contributed by atoms with E-state index in [0.29, 0.717) is 19.6 Å². The molecule has 0 heterocycles. The van der Waals surface area contributed by atoms with Crippen molar-refractivity contribution in [2.75, 3.05) is 13.2 Å². The molecule has 1 unspecified atom stereocenters. The van der Waals surface area contributed by atoms with E-state index in [2.05, 4.69) is 0 Å². The summed E-state index contributed by atoms with van der Waals surface area (Å²) in [5.74, 6) is 0. The van der Waals surface area contributed by atoms with Crippen molar-refractivity contribution in [3.8, 4) is 0 Å². The Hall–Kier alpha value is -1.46. The zero-order valence-corrected chi connectivity index (χ0v) is 9.96. The fourth-order valence-corrected chi connectivity index (χ4v) is 1.54. The molecule has 17 heavy (non-hydrogen) atoms. The van der Waals surface area contributed by atoms with Crippen molar-refractivity contribution in [1.82, 2.24) is 0 Å². The summed E-state index contributed by atoms with van der Waals surface area (Å²) in [6.45, 7) is 3.30. The molecule has 0 aliphatic rings. The predicted octanol–water partition coefficient (Wildman–Crippen LogP) is 1.89. The molecule has 0 spiro atoms. The summed E-state index contributed by atoms with van der Waals surface area (Å²) in [6.07, 6.45) is 1.51. The van der Waals surface area contributed by atoms with Crippen molar-refractivity contribution in [2.45, 2.75) is 25.8 Å². The van der Waals surface area contributed by atoms with Crippen LogP contribution in [0.3, 0.4) is 0 Å². The lowest BCUT2D eigenvalue weighted by Crippen LogP contribution is -2.24. The van der Waals surface area contributed by atoms with E-state index in [0.717, 1.165) is 12.0 Å². The molecule has 0 fully saturated rings. The molecule has 0 radical (unpaired) electrons. The molecule has 5 nitrogen and oxygen atoms in total. The van der Waals surface area contributed by atoms with Crippen molar-refractivity contribution in [3.05, 3.63) is 39.9 Å². The predicted molar refractivity (Wildman–Crippen MR) is 65.9 cm³/mol. The van der Waals surface area contributed by atoms with E-state index in [4.69, 9.17) is 10.5 Å². The second-order valence-electron chi connectivity index (χ2n) is 3.87. The van der Waals surface area contributed by atoms with Gasteiger partial charge in [0.15, 0.2) is 0 Å². The number of nitro benzene ring substituents is 1. The number of benzene rings is 1. The second kappa shape index (κ2) is 6.98. The van der Waals surface area contributed by atoms with Gasteiger partial charge in [-0.05, 0) is 25.3 Å². The lowest BCUT2D eigenvalue weighted by Gasteiger charge is -2.11. The Morgan fingerprint density at radius 3 is 2.59 bits per heavy atom. The third-order valence-electron chi connectivity index (χ3n) is 2.48. The van der Waals surface area contributed by atoms with E-state index in [1.807, 2.05) is 6.92 Å². The summed E-state index contributed by atoms with van der Waals surface area (Å²) >= 11 is 0. The SMILES string of the molecule is CCOCCC(N)Cc1ccc([N+](=O)[O-])cc1. The first-order valence-electron chi connectivity index (χ1n) is 5.70. The molecule has 0 saturated heterocycles. The van der Waals surface area contributed by atoms with Gasteiger partial charge in [-0.1, -0.05) is 12.1 Å². The second-order valence-corrected chi connectivity index (χ2v) is 3.87. The highest BCUT2D eigenvalue weighted by Crippen LogP contribution is 2.13. The maximum atomic E-state index is 10.5. The molecule has 1 atom stereocenters. The molecule has 0 aliphatic heterocycles. The minimum absolute atomic E-state index is 0.0306. The first kappa shape index (κ1) is 13.6. The highest BCUT2D eigenvalue weighted by molar-refractivity contribution is 5.33. The third-order valence-corrected chi connectivity index (χ3v) is 2.48. The quantitative estimate of drug-likeness (QED) is 0.447. The van der Waals surface area contributed by atoms with Gasteiger partial charge in [0.2, 0.25) is 0 Å². The number of hydrogen-bond donors (Lipinski definition) is 1. The Morgan fingerprint density at radius 1 is 1.41 bits per heavy atom. The molecule has 5 heteroatoms. The molecule has 2 N–H and O–H groups in total. The van der Waals surface area contributed by atoms with E-state index in [9.17, 15) is 10.1 Å². The Kier molecular flexibility index (Phi) is 5.59. The van der Waals surface area contributed by atoms with E-state index in [1.54, 1.807) is 12.1 Å². The number of nitro groups is 1. The van der Waals surface area contributed by atoms with E-state index in [-0.39, 0.29) is 11.7 Å². The minimum Gasteiger partial charge on any atom is -0.382 e. The van der Waals surface area contributed by atoms with Crippen LogP contribution < -0.4 is 5.73 Å². The molecular weight excluding hydrogens is 220 g/mol. The number of hydrogen-bond acceptors (Lipinski definition) is 4. The Balaban J connectivity index is 2.43. The van der Waals surface area contributed by atoms with Crippen LogP contribution in [0.4, 0.5) is 5.69 Å². The number of non-ortho nitro benzene ring substituents is 1. The first-order chi connectivity index (χ1) is 8.13. The zero-order chi connectivity index (χ0) is 12.7.